The largest absolute Gasteiger partial charge is 0.480 e. The molecule has 8 nitrogen and oxygen atoms in total. The molecule has 0 fully saturated rings. The number of carbonyl (C=O) groups excluding carboxylic acids is 3. The van der Waals surface area contributed by atoms with Crippen LogP contribution < -0.4 is 10.6 Å². The average molecular weight is 288 g/mol. The number of carbonyl (C=O) groups is 4. The smallest absolute Gasteiger partial charge is 0.326 e. The van der Waals surface area contributed by atoms with E-state index >= 15 is 0 Å². The molecule has 0 aliphatic carbocycles. The Kier molecular flexibility index (Phi) is 7.27. The highest BCUT2D eigenvalue weighted by molar-refractivity contribution is 5.92. The van der Waals surface area contributed by atoms with Crippen LogP contribution in [0.5, 0.6) is 0 Å². The van der Waals surface area contributed by atoms with Crippen molar-refractivity contribution >= 4 is 23.8 Å². The number of carboxylic acids is 1. The number of esters is 1. The van der Waals surface area contributed by atoms with Crippen LogP contribution in [0.25, 0.3) is 0 Å². The zero-order valence-electron chi connectivity index (χ0n) is 11.9. The molecule has 20 heavy (non-hydrogen) atoms. The van der Waals surface area contributed by atoms with Gasteiger partial charge in [-0.15, -0.1) is 0 Å². The lowest BCUT2D eigenvalue weighted by atomic mass is 10.0. The summed E-state index contributed by atoms with van der Waals surface area (Å²) in [5.41, 5.74) is 0. The highest BCUT2D eigenvalue weighted by Crippen LogP contribution is 2.04. The van der Waals surface area contributed by atoms with Crippen molar-refractivity contribution in [3.8, 4) is 0 Å². The third-order valence-electron chi connectivity index (χ3n) is 2.52. The van der Waals surface area contributed by atoms with Gasteiger partial charge in [0.25, 0.3) is 0 Å². The SMILES string of the molecule is COC(=O)CC(NC(C)=O)C(=O)NC(C(=O)O)C(C)C. The van der Waals surface area contributed by atoms with Crippen molar-refractivity contribution in [3.63, 3.8) is 0 Å². The molecular formula is C12H20N2O6. The number of methoxy groups -OCH3 is 1. The first-order chi connectivity index (χ1) is 9.18. The summed E-state index contributed by atoms with van der Waals surface area (Å²) < 4.78 is 4.43. The zero-order chi connectivity index (χ0) is 15.9. The number of hydrogen-bond donors (Lipinski definition) is 3. The second-order valence-corrected chi connectivity index (χ2v) is 4.60. The number of aliphatic carboxylic acids is 1. The summed E-state index contributed by atoms with van der Waals surface area (Å²) in [6, 6.07) is -2.27. The quantitative estimate of drug-likeness (QED) is 0.531. The van der Waals surface area contributed by atoms with E-state index in [-0.39, 0.29) is 12.3 Å². The van der Waals surface area contributed by atoms with Crippen LogP contribution >= 0.6 is 0 Å². The topological polar surface area (TPSA) is 122 Å². The second-order valence-electron chi connectivity index (χ2n) is 4.60. The minimum Gasteiger partial charge on any atom is -0.480 e. The molecule has 0 heterocycles. The fraction of sp³-hybridized carbons (Fsp3) is 0.667. The van der Waals surface area contributed by atoms with Gasteiger partial charge in [0, 0.05) is 6.92 Å². The molecule has 0 aromatic carbocycles. The van der Waals surface area contributed by atoms with Crippen molar-refractivity contribution in [3.05, 3.63) is 0 Å². The van der Waals surface area contributed by atoms with E-state index in [4.69, 9.17) is 5.11 Å². The molecule has 114 valence electrons. The van der Waals surface area contributed by atoms with Crippen molar-refractivity contribution < 1.29 is 29.0 Å². The lowest BCUT2D eigenvalue weighted by Crippen LogP contribution is -2.53. The van der Waals surface area contributed by atoms with Crippen LogP contribution in [0, 0.1) is 5.92 Å². The minimum absolute atomic E-state index is 0.340. The van der Waals surface area contributed by atoms with Gasteiger partial charge >= 0.3 is 11.9 Å². The standard InChI is InChI=1S/C12H20N2O6/c1-6(2)10(12(18)19)14-11(17)8(13-7(3)15)5-9(16)20-4/h6,8,10H,5H2,1-4H3,(H,13,15)(H,14,17)(H,18,19). The van der Waals surface area contributed by atoms with Crippen molar-refractivity contribution in [1.82, 2.24) is 10.6 Å². The van der Waals surface area contributed by atoms with Crippen LogP contribution in [0.1, 0.15) is 27.2 Å². The molecule has 0 radical (unpaired) electrons. The molecule has 0 bridgehead atoms. The van der Waals surface area contributed by atoms with Gasteiger partial charge in [0.05, 0.1) is 13.5 Å². The Hall–Kier alpha value is -2.12. The predicted molar refractivity (Wildman–Crippen MR) is 68.6 cm³/mol. The number of nitrogens with one attached hydrogen (secondary N) is 2. The van der Waals surface area contributed by atoms with Gasteiger partial charge in [-0.1, -0.05) is 13.8 Å². The van der Waals surface area contributed by atoms with Crippen LogP contribution in [0.2, 0.25) is 0 Å². The first-order valence-electron chi connectivity index (χ1n) is 6.06. The summed E-state index contributed by atoms with van der Waals surface area (Å²) in [4.78, 5) is 45.2. The molecule has 0 aliphatic rings. The molecule has 0 saturated heterocycles. The van der Waals surface area contributed by atoms with Crippen LogP contribution in [-0.4, -0.2) is 48.1 Å². The third kappa shape index (κ3) is 6.17. The van der Waals surface area contributed by atoms with Gasteiger partial charge < -0.3 is 20.5 Å². The molecule has 3 N–H and O–H groups in total. The second kappa shape index (κ2) is 8.13. The molecule has 0 aliphatic heterocycles. The van der Waals surface area contributed by atoms with Crippen molar-refractivity contribution in [2.45, 2.75) is 39.3 Å². The van der Waals surface area contributed by atoms with Gasteiger partial charge in [0.2, 0.25) is 11.8 Å². The molecule has 0 aromatic heterocycles. The Morgan fingerprint density at radius 1 is 1.15 bits per heavy atom. The normalized spacial score (nSPS) is 13.2. The highest BCUT2D eigenvalue weighted by Gasteiger charge is 2.29. The summed E-state index contributed by atoms with van der Waals surface area (Å²) in [6.07, 6.45) is -0.369. The number of carboxylic acid groups (broad SMARTS) is 1. The fourth-order valence-electron chi connectivity index (χ4n) is 1.47. The van der Waals surface area contributed by atoms with Crippen LogP contribution in [0.15, 0.2) is 0 Å². The number of hydrogen-bond acceptors (Lipinski definition) is 5. The first kappa shape index (κ1) is 17.9. The Labute approximate surface area is 116 Å². The first-order valence-corrected chi connectivity index (χ1v) is 6.06. The maximum Gasteiger partial charge on any atom is 0.326 e. The van der Waals surface area contributed by atoms with Gasteiger partial charge in [-0.25, -0.2) is 4.79 Å². The van der Waals surface area contributed by atoms with E-state index in [1.807, 2.05) is 0 Å². The number of ether oxygens (including phenoxy) is 1. The summed E-state index contributed by atoms with van der Waals surface area (Å²) in [5.74, 6) is -3.46. The molecule has 0 spiro atoms. The van der Waals surface area contributed by atoms with Gasteiger partial charge in [-0.3, -0.25) is 14.4 Å². The van der Waals surface area contributed by atoms with Crippen LogP contribution in [0.4, 0.5) is 0 Å². The van der Waals surface area contributed by atoms with Crippen molar-refractivity contribution in [2.24, 2.45) is 5.92 Å². The average Bonchev–Trinajstić information content (AvgIpc) is 2.33. The minimum atomic E-state index is -1.19. The zero-order valence-corrected chi connectivity index (χ0v) is 11.9. The molecular weight excluding hydrogens is 268 g/mol. The monoisotopic (exact) mass is 288 g/mol. The molecule has 0 saturated carbocycles. The van der Waals surface area contributed by atoms with Crippen molar-refractivity contribution in [1.29, 1.82) is 0 Å². The fourth-order valence-corrected chi connectivity index (χ4v) is 1.47. The van der Waals surface area contributed by atoms with E-state index in [0.717, 1.165) is 7.11 Å². The van der Waals surface area contributed by atoms with Gasteiger partial charge in [0.1, 0.15) is 12.1 Å². The Morgan fingerprint density at radius 2 is 1.70 bits per heavy atom. The highest BCUT2D eigenvalue weighted by atomic mass is 16.5. The maximum atomic E-state index is 12.0. The van der Waals surface area contributed by atoms with Gasteiger partial charge in [-0.2, -0.15) is 0 Å². The van der Waals surface area contributed by atoms with E-state index < -0.39 is 35.8 Å². The maximum absolute atomic E-state index is 12.0. The van der Waals surface area contributed by atoms with E-state index in [0.29, 0.717) is 0 Å². The summed E-state index contributed by atoms with van der Waals surface area (Å²) in [7, 11) is 1.15. The lowest BCUT2D eigenvalue weighted by Gasteiger charge is -2.22. The van der Waals surface area contributed by atoms with Gasteiger partial charge in [-0.05, 0) is 5.92 Å². The lowest BCUT2D eigenvalue weighted by molar-refractivity contribution is -0.145. The Bertz CT molecular complexity index is 393. The van der Waals surface area contributed by atoms with E-state index in [1.165, 1.54) is 6.92 Å². The van der Waals surface area contributed by atoms with E-state index in [9.17, 15) is 19.2 Å². The number of amides is 2. The van der Waals surface area contributed by atoms with Crippen molar-refractivity contribution in [2.75, 3.05) is 7.11 Å². The molecule has 2 unspecified atom stereocenters. The molecule has 8 heteroatoms. The van der Waals surface area contributed by atoms with E-state index in [1.54, 1.807) is 13.8 Å². The molecule has 0 rings (SSSR count). The van der Waals surface area contributed by atoms with Gasteiger partial charge in [0.15, 0.2) is 0 Å². The third-order valence-corrected chi connectivity index (χ3v) is 2.52. The Balaban J connectivity index is 4.88. The molecule has 2 atom stereocenters. The predicted octanol–water partition coefficient (Wildman–Crippen LogP) is -0.720. The summed E-state index contributed by atoms with van der Waals surface area (Å²) >= 11 is 0. The molecule has 0 aromatic rings. The van der Waals surface area contributed by atoms with E-state index in [2.05, 4.69) is 15.4 Å². The van der Waals surface area contributed by atoms with Crippen LogP contribution in [-0.2, 0) is 23.9 Å². The van der Waals surface area contributed by atoms with Crippen LogP contribution in [0.3, 0.4) is 0 Å². The number of rotatable bonds is 7. The molecule has 2 amide bonds. The summed E-state index contributed by atoms with van der Waals surface area (Å²) in [5, 5.41) is 13.6. The summed E-state index contributed by atoms with van der Waals surface area (Å²) in [6.45, 7) is 4.45. The Morgan fingerprint density at radius 3 is 2.05 bits per heavy atom.